The smallest absolute Gasteiger partial charge is 0.322 e. The van der Waals surface area contributed by atoms with Gasteiger partial charge >= 0.3 is 6.03 Å². The van der Waals surface area contributed by atoms with E-state index in [0.717, 1.165) is 34.7 Å². The molecular formula is C28H31N5O. The lowest BCUT2D eigenvalue weighted by Gasteiger charge is -2.30. The molecule has 0 saturated heterocycles. The molecule has 0 bridgehead atoms. The fourth-order valence-corrected chi connectivity index (χ4v) is 4.85. The van der Waals surface area contributed by atoms with Crippen LogP contribution in [-0.2, 0) is 6.42 Å². The first kappa shape index (κ1) is 22.0. The second-order valence-corrected chi connectivity index (χ2v) is 9.24. The minimum atomic E-state index is -0.170. The van der Waals surface area contributed by atoms with E-state index in [0.29, 0.717) is 13.0 Å². The summed E-state index contributed by atoms with van der Waals surface area (Å²) in [6.07, 6.45) is 1.58. The number of aromatic nitrogens is 2. The molecule has 6 heteroatoms. The second kappa shape index (κ2) is 9.21. The first-order valence-electron chi connectivity index (χ1n) is 11.9. The normalized spacial score (nSPS) is 17.8. The third-order valence-corrected chi connectivity index (χ3v) is 6.67. The van der Waals surface area contributed by atoms with Gasteiger partial charge in [0.25, 0.3) is 0 Å². The van der Waals surface area contributed by atoms with Gasteiger partial charge in [-0.3, -0.25) is 0 Å². The summed E-state index contributed by atoms with van der Waals surface area (Å²) in [6.45, 7) is 2.88. The summed E-state index contributed by atoms with van der Waals surface area (Å²) in [7, 11) is 4.00. The molecule has 34 heavy (non-hydrogen) atoms. The molecule has 0 saturated carbocycles. The largest absolute Gasteiger partial charge is 0.378 e. The molecule has 0 aliphatic carbocycles. The first-order valence-corrected chi connectivity index (χ1v) is 11.9. The van der Waals surface area contributed by atoms with E-state index >= 15 is 0 Å². The predicted octanol–water partition coefficient (Wildman–Crippen LogP) is 5.88. The van der Waals surface area contributed by atoms with Crippen LogP contribution < -0.4 is 10.2 Å². The number of rotatable bonds is 4. The lowest BCUT2D eigenvalue weighted by molar-refractivity contribution is 0.187. The van der Waals surface area contributed by atoms with Gasteiger partial charge in [0.05, 0.1) is 17.1 Å². The maximum absolute atomic E-state index is 13.7. The van der Waals surface area contributed by atoms with Crippen LogP contribution in [0.1, 0.15) is 36.8 Å². The zero-order valence-corrected chi connectivity index (χ0v) is 20.0. The summed E-state index contributed by atoms with van der Waals surface area (Å²) in [5, 5.41) is 3.15. The van der Waals surface area contributed by atoms with Crippen LogP contribution >= 0.6 is 0 Å². The molecule has 1 aromatic heterocycles. The maximum Gasteiger partial charge on any atom is 0.322 e. The lowest BCUT2D eigenvalue weighted by Crippen LogP contribution is -2.39. The van der Waals surface area contributed by atoms with Gasteiger partial charge in [-0.15, -0.1) is 0 Å². The van der Waals surface area contributed by atoms with Crippen molar-refractivity contribution in [3.8, 4) is 0 Å². The summed E-state index contributed by atoms with van der Waals surface area (Å²) in [5.41, 5.74) is 5.13. The number of hydrogen-bond donors (Lipinski definition) is 1. The Morgan fingerprint density at radius 3 is 2.59 bits per heavy atom. The first-order chi connectivity index (χ1) is 16.5. The number of para-hydroxylation sites is 2. The summed E-state index contributed by atoms with van der Waals surface area (Å²) < 4.78 is 2.34. The van der Waals surface area contributed by atoms with E-state index in [1.807, 2.05) is 60.3 Å². The number of nitrogens with one attached hydrogen (secondary N) is 1. The molecule has 0 unspecified atom stereocenters. The average Bonchev–Trinajstić information content (AvgIpc) is 3.17. The van der Waals surface area contributed by atoms with E-state index in [-0.39, 0.29) is 18.1 Å². The van der Waals surface area contributed by atoms with Crippen LogP contribution in [0.3, 0.4) is 0 Å². The van der Waals surface area contributed by atoms with E-state index in [9.17, 15) is 4.79 Å². The van der Waals surface area contributed by atoms with Gasteiger partial charge in [-0.05, 0) is 49.2 Å². The second-order valence-electron chi connectivity index (χ2n) is 9.24. The van der Waals surface area contributed by atoms with Crippen LogP contribution in [0.2, 0.25) is 0 Å². The van der Waals surface area contributed by atoms with Crippen LogP contribution in [0.15, 0.2) is 78.9 Å². The van der Waals surface area contributed by atoms with E-state index < -0.39 is 0 Å². The molecule has 0 fully saturated rings. The van der Waals surface area contributed by atoms with Crippen LogP contribution in [0, 0.1) is 0 Å². The van der Waals surface area contributed by atoms with Crippen molar-refractivity contribution in [2.75, 3.05) is 30.9 Å². The van der Waals surface area contributed by atoms with Gasteiger partial charge in [-0.1, -0.05) is 48.5 Å². The van der Waals surface area contributed by atoms with Crippen molar-refractivity contribution in [3.05, 3.63) is 90.3 Å². The monoisotopic (exact) mass is 453 g/mol. The van der Waals surface area contributed by atoms with Gasteiger partial charge in [-0.2, -0.15) is 0 Å². The fourth-order valence-electron chi connectivity index (χ4n) is 4.85. The van der Waals surface area contributed by atoms with Crippen LogP contribution in [0.4, 0.5) is 16.2 Å². The van der Waals surface area contributed by atoms with Gasteiger partial charge in [0.1, 0.15) is 5.82 Å². The molecule has 0 radical (unpaired) electrons. The predicted molar refractivity (Wildman–Crippen MR) is 138 cm³/mol. The Morgan fingerprint density at radius 1 is 1.03 bits per heavy atom. The van der Waals surface area contributed by atoms with Gasteiger partial charge in [0.15, 0.2) is 0 Å². The quantitative estimate of drug-likeness (QED) is 0.419. The average molecular weight is 454 g/mol. The molecule has 1 N–H and O–H groups in total. The Hall–Kier alpha value is -3.80. The Labute approximate surface area is 200 Å². The van der Waals surface area contributed by atoms with E-state index in [4.69, 9.17) is 4.98 Å². The Bertz CT molecular complexity index is 1300. The van der Waals surface area contributed by atoms with E-state index in [1.54, 1.807) is 0 Å². The summed E-state index contributed by atoms with van der Waals surface area (Å²) in [5.74, 6) is 0.951. The summed E-state index contributed by atoms with van der Waals surface area (Å²) in [6, 6.07) is 26.6. The van der Waals surface area contributed by atoms with Crippen molar-refractivity contribution in [2.24, 2.45) is 0 Å². The molecule has 5 rings (SSSR count). The van der Waals surface area contributed by atoms with Crippen molar-refractivity contribution in [3.63, 3.8) is 0 Å². The molecular weight excluding hydrogens is 422 g/mol. The van der Waals surface area contributed by atoms with Crippen molar-refractivity contribution in [2.45, 2.75) is 31.8 Å². The van der Waals surface area contributed by atoms with Crippen molar-refractivity contribution in [1.29, 1.82) is 0 Å². The lowest BCUT2D eigenvalue weighted by atomic mass is 10.0. The summed E-state index contributed by atoms with van der Waals surface area (Å²) in [4.78, 5) is 22.8. The highest BCUT2D eigenvalue weighted by Gasteiger charge is 2.34. The maximum atomic E-state index is 13.7. The number of anilines is 2. The highest BCUT2D eigenvalue weighted by molar-refractivity contribution is 5.90. The molecule has 0 spiro atoms. The number of urea groups is 1. The Kier molecular flexibility index (Phi) is 5.97. The SMILES string of the molecule is C[C@H]1CCN(C(=O)Nc2cccc(N(C)C)c2)[C@@H](Cc2ccccc2)c2nc3ccccc3n21. The zero-order chi connectivity index (χ0) is 23.7. The highest BCUT2D eigenvalue weighted by Crippen LogP contribution is 2.35. The molecule has 174 valence electrons. The number of amides is 2. The Morgan fingerprint density at radius 2 is 1.79 bits per heavy atom. The third kappa shape index (κ3) is 4.23. The number of benzene rings is 3. The van der Waals surface area contributed by atoms with Gasteiger partial charge < -0.3 is 19.7 Å². The topological polar surface area (TPSA) is 53.4 Å². The van der Waals surface area contributed by atoms with Crippen molar-refractivity contribution in [1.82, 2.24) is 14.5 Å². The van der Waals surface area contributed by atoms with Crippen LogP contribution in [-0.4, -0.2) is 41.1 Å². The highest BCUT2D eigenvalue weighted by atomic mass is 16.2. The van der Waals surface area contributed by atoms with Crippen LogP contribution in [0.25, 0.3) is 11.0 Å². The van der Waals surface area contributed by atoms with Gasteiger partial charge in [0, 0.05) is 44.5 Å². The molecule has 6 nitrogen and oxygen atoms in total. The van der Waals surface area contributed by atoms with Crippen molar-refractivity contribution >= 4 is 28.4 Å². The van der Waals surface area contributed by atoms with Gasteiger partial charge in [-0.25, -0.2) is 9.78 Å². The fraction of sp³-hybridized carbons (Fsp3) is 0.286. The number of imidazole rings is 1. The molecule has 4 aromatic rings. The van der Waals surface area contributed by atoms with E-state index in [1.165, 1.54) is 5.56 Å². The molecule has 2 heterocycles. The molecule has 2 atom stereocenters. The number of hydrogen-bond acceptors (Lipinski definition) is 3. The molecule has 3 aromatic carbocycles. The molecule has 2 amide bonds. The molecule has 1 aliphatic rings. The summed E-state index contributed by atoms with van der Waals surface area (Å²) >= 11 is 0. The van der Waals surface area contributed by atoms with E-state index in [2.05, 4.69) is 59.3 Å². The van der Waals surface area contributed by atoms with Crippen molar-refractivity contribution < 1.29 is 4.79 Å². The van der Waals surface area contributed by atoms with Crippen LogP contribution in [0.5, 0.6) is 0 Å². The van der Waals surface area contributed by atoms with Gasteiger partial charge in [0.2, 0.25) is 0 Å². The minimum absolute atomic E-state index is 0.0930. The zero-order valence-electron chi connectivity index (χ0n) is 20.0. The molecule has 1 aliphatic heterocycles. The third-order valence-electron chi connectivity index (χ3n) is 6.67. The standard InChI is InChI=1S/C28H31N5O/c1-20-16-17-32(28(34)29-22-12-9-13-23(19-22)31(2)3)26(18-21-10-5-4-6-11-21)27-30-24-14-7-8-15-25(24)33(20)27/h4-15,19-20,26H,16-18H2,1-3H3,(H,29,34)/t20-,26-/m0/s1. The number of carbonyl (C=O) groups excluding carboxylic acids is 1. The number of nitrogens with zero attached hydrogens (tertiary/aromatic N) is 4. The Balaban J connectivity index is 1.54. The number of carbonyl (C=O) groups is 1. The number of fused-ring (bicyclic) bond motifs is 3. The minimum Gasteiger partial charge on any atom is -0.378 e.